The van der Waals surface area contributed by atoms with Gasteiger partial charge in [0.15, 0.2) is 0 Å². The molecule has 0 unspecified atom stereocenters. The van der Waals surface area contributed by atoms with E-state index in [-0.39, 0.29) is 45.3 Å². The Morgan fingerprint density at radius 2 is 1.53 bits per heavy atom. The first-order chi connectivity index (χ1) is 14.5. The van der Waals surface area contributed by atoms with Gasteiger partial charge in [-0.2, -0.15) is 0 Å². The standard InChI is InChI=1S/C17H29N7O6/c1-2-28-16(26)14(22-17(27)30-13-7-11-21-24-19)8-4-3-5-9-15(25)29-12-6-10-20-23-18/h14H,2-13H2,1H3,(H,22,27)/t14-/m0/s1. The maximum atomic E-state index is 12.0. The second-order valence-electron chi connectivity index (χ2n) is 6.02. The summed E-state index contributed by atoms with van der Waals surface area (Å²) in [7, 11) is 0. The minimum atomic E-state index is -0.845. The van der Waals surface area contributed by atoms with Crippen molar-refractivity contribution in [1.29, 1.82) is 0 Å². The number of amides is 1. The molecule has 1 atom stereocenters. The summed E-state index contributed by atoms with van der Waals surface area (Å²) < 4.78 is 14.9. The smallest absolute Gasteiger partial charge is 0.407 e. The van der Waals surface area contributed by atoms with Crippen LogP contribution in [0.25, 0.3) is 20.9 Å². The van der Waals surface area contributed by atoms with Gasteiger partial charge in [0, 0.05) is 29.3 Å². The average Bonchev–Trinajstić information content (AvgIpc) is 2.72. The van der Waals surface area contributed by atoms with E-state index in [0.717, 1.165) is 0 Å². The van der Waals surface area contributed by atoms with Crippen LogP contribution in [0.15, 0.2) is 10.2 Å². The van der Waals surface area contributed by atoms with Crippen LogP contribution in [0.1, 0.15) is 51.9 Å². The number of unbranched alkanes of at least 4 members (excludes halogenated alkanes) is 2. The number of nitrogens with one attached hydrogen (secondary N) is 1. The molecule has 0 radical (unpaired) electrons. The number of alkyl carbamates (subject to hydrolysis) is 1. The average molecular weight is 427 g/mol. The largest absolute Gasteiger partial charge is 0.466 e. The highest BCUT2D eigenvalue weighted by Gasteiger charge is 2.22. The molecule has 0 heterocycles. The molecule has 0 aliphatic carbocycles. The summed E-state index contributed by atoms with van der Waals surface area (Å²) in [4.78, 5) is 40.6. The third-order valence-corrected chi connectivity index (χ3v) is 3.66. The SMILES string of the molecule is CCOC(=O)[C@H](CCCCCC(=O)OCCCN=[N+]=[N-])NC(=O)OCCCN=[N+]=[N-]. The molecule has 13 heteroatoms. The molecule has 0 aliphatic heterocycles. The maximum Gasteiger partial charge on any atom is 0.407 e. The van der Waals surface area contributed by atoms with Crippen LogP contribution in [-0.2, 0) is 23.8 Å². The molecule has 0 aromatic rings. The van der Waals surface area contributed by atoms with Gasteiger partial charge in [0.1, 0.15) is 6.04 Å². The Morgan fingerprint density at radius 1 is 0.900 bits per heavy atom. The van der Waals surface area contributed by atoms with Gasteiger partial charge in [-0.05, 0) is 43.7 Å². The number of rotatable bonds is 17. The van der Waals surface area contributed by atoms with Crippen LogP contribution >= 0.6 is 0 Å². The first kappa shape index (κ1) is 26.8. The zero-order valence-electron chi connectivity index (χ0n) is 17.2. The van der Waals surface area contributed by atoms with E-state index in [2.05, 4.69) is 25.4 Å². The first-order valence-corrected chi connectivity index (χ1v) is 9.82. The third kappa shape index (κ3) is 15.8. The monoisotopic (exact) mass is 427 g/mol. The van der Waals surface area contributed by atoms with Gasteiger partial charge >= 0.3 is 18.0 Å². The number of esters is 2. The predicted molar refractivity (Wildman–Crippen MR) is 106 cm³/mol. The molecule has 0 spiro atoms. The Balaban J connectivity index is 4.11. The lowest BCUT2D eigenvalue weighted by Crippen LogP contribution is -2.42. The molecule has 1 N–H and O–H groups in total. The van der Waals surface area contributed by atoms with Crippen molar-refractivity contribution in [2.24, 2.45) is 10.2 Å². The Kier molecular flexibility index (Phi) is 17.1. The quantitative estimate of drug-likeness (QED) is 0.0921. The third-order valence-electron chi connectivity index (χ3n) is 3.66. The van der Waals surface area contributed by atoms with Crippen molar-refractivity contribution in [3.8, 4) is 0 Å². The minimum Gasteiger partial charge on any atom is -0.466 e. The van der Waals surface area contributed by atoms with Crippen LogP contribution in [0.3, 0.4) is 0 Å². The summed E-state index contributed by atoms with van der Waals surface area (Å²) in [5, 5.41) is 9.14. The fraction of sp³-hybridized carbons (Fsp3) is 0.824. The van der Waals surface area contributed by atoms with Gasteiger partial charge in [0.25, 0.3) is 0 Å². The number of hydrogen-bond acceptors (Lipinski definition) is 8. The molecule has 0 aromatic carbocycles. The number of carbonyl (C=O) groups is 3. The summed E-state index contributed by atoms with van der Waals surface area (Å²) in [5.41, 5.74) is 16.3. The van der Waals surface area contributed by atoms with E-state index < -0.39 is 18.1 Å². The number of ether oxygens (including phenoxy) is 3. The Bertz CT molecular complexity index is 618. The number of nitrogens with zero attached hydrogens (tertiary/aromatic N) is 6. The summed E-state index contributed by atoms with van der Waals surface area (Å²) >= 11 is 0. The molecule has 1 amide bonds. The highest BCUT2D eigenvalue weighted by Crippen LogP contribution is 2.09. The summed E-state index contributed by atoms with van der Waals surface area (Å²) in [6, 6.07) is -0.845. The minimum absolute atomic E-state index is 0.0609. The Morgan fingerprint density at radius 3 is 2.13 bits per heavy atom. The summed E-state index contributed by atoms with van der Waals surface area (Å²) in [6.07, 6.45) is 2.51. The second kappa shape index (κ2) is 19.2. The second-order valence-corrected chi connectivity index (χ2v) is 6.02. The molecule has 0 fully saturated rings. The number of carbonyl (C=O) groups excluding carboxylic acids is 3. The van der Waals surface area contributed by atoms with E-state index >= 15 is 0 Å². The van der Waals surface area contributed by atoms with Gasteiger partial charge in [-0.3, -0.25) is 4.79 Å². The highest BCUT2D eigenvalue weighted by molar-refractivity contribution is 5.81. The van der Waals surface area contributed by atoms with E-state index in [1.807, 2.05) is 0 Å². The van der Waals surface area contributed by atoms with Gasteiger partial charge in [0.05, 0.1) is 19.8 Å². The molecule has 0 aliphatic rings. The van der Waals surface area contributed by atoms with Gasteiger partial charge in [0.2, 0.25) is 0 Å². The number of azide groups is 2. The van der Waals surface area contributed by atoms with E-state index in [1.54, 1.807) is 6.92 Å². The molecule has 0 aromatic heterocycles. The molecule has 168 valence electrons. The molecule has 0 saturated heterocycles. The van der Waals surface area contributed by atoms with Gasteiger partial charge in [-0.25, -0.2) is 9.59 Å². The van der Waals surface area contributed by atoms with Crippen molar-refractivity contribution >= 4 is 18.0 Å². The topological polar surface area (TPSA) is 188 Å². The van der Waals surface area contributed by atoms with Crippen LogP contribution in [0.4, 0.5) is 4.79 Å². The Hall–Kier alpha value is -3.17. The normalized spacial score (nSPS) is 10.7. The molecule has 13 nitrogen and oxygen atoms in total. The van der Waals surface area contributed by atoms with Gasteiger partial charge < -0.3 is 19.5 Å². The maximum absolute atomic E-state index is 12.0. The van der Waals surface area contributed by atoms with E-state index in [4.69, 9.17) is 25.3 Å². The van der Waals surface area contributed by atoms with E-state index in [9.17, 15) is 14.4 Å². The highest BCUT2D eigenvalue weighted by atomic mass is 16.6. The van der Waals surface area contributed by atoms with Crippen molar-refractivity contribution in [3.63, 3.8) is 0 Å². The molecule has 0 rings (SSSR count). The van der Waals surface area contributed by atoms with E-state index in [1.165, 1.54) is 0 Å². The van der Waals surface area contributed by atoms with Crippen LogP contribution in [0.5, 0.6) is 0 Å². The summed E-state index contributed by atoms with van der Waals surface area (Å²) in [6.45, 7) is 2.61. The zero-order valence-corrected chi connectivity index (χ0v) is 17.2. The van der Waals surface area contributed by atoms with Crippen molar-refractivity contribution in [1.82, 2.24) is 5.32 Å². The van der Waals surface area contributed by atoms with Gasteiger partial charge in [-0.15, -0.1) is 0 Å². The van der Waals surface area contributed by atoms with Crippen LogP contribution in [0.2, 0.25) is 0 Å². The lowest BCUT2D eigenvalue weighted by atomic mass is 10.1. The predicted octanol–water partition coefficient (Wildman–Crippen LogP) is 3.54. The fourth-order valence-corrected chi connectivity index (χ4v) is 2.25. The molecular formula is C17H29N7O6. The first-order valence-electron chi connectivity index (χ1n) is 9.82. The lowest BCUT2D eigenvalue weighted by Gasteiger charge is -2.17. The van der Waals surface area contributed by atoms with Crippen molar-refractivity contribution in [2.75, 3.05) is 32.9 Å². The van der Waals surface area contributed by atoms with Crippen LogP contribution in [0, 0.1) is 0 Å². The Labute approximate surface area is 174 Å². The molecule has 0 saturated carbocycles. The lowest BCUT2D eigenvalue weighted by molar-refractivity contribution is -0.146. The van der Waals surface area contributed by atoms with E-state index in [0.29, 0.717) is 38.5 Å². The van der Waals surface area contributed by atoms with Crippen LogP contribution in [-0.4, -0.2) is 57.0 Å². The summed E-state index contributed by atoms with van der Waals surface area (Å²) in [5.74, 6) is -0.886. The van der Waals surface area contributed by atoms with Gasteiger partial charge in [-0.1, -0.05) is 23.1 Å². The van der Waals surface area contributed by atoms with Crippen molar-refractivity contribution in [3.05, 3.63) is 20.9 Å². The number of hydrogen-bond donors (Lipinski definition) is 1. The zero-order chi connectivity index (χ0) is 22.5. The molecule has 0 bridgehead atoms. The van der Waals surface area contributed by atoms with Crippen molar-refractivity contribution in [2.45, 2.75) is 57.9 Å². The van der Waals surface area contributed by atoms with Crippen molar-refractivity contribution < 1.29 is 28.6 Å². The molecular weight excluding hydrogens is 398 g/mol. The molecule has 30 heavy (non-hydrogen) atoms. The van der Waals surface area contributed by atoms with Crippen LogP contribution < -0.4 is 5.32 Å². The fourth-order valence-electron chi connectivity index (χ4n) is 2.25.